The van der Waals surface area contributed by atoms with Crippen molar-refractivity contribution in [3.8, 4) is 0 Å². The molecule has 6 nitrogen and oxygen atoms in total. The molecule has 1 N–H and O–H groups in total. The lowest BCUT2D eigenvalue weighted by Gasteiger charge is -2.29. The molecule has 0 saturated carbocycles. The van der Waals surface area contributed by atoms with Crippen molar-refractivity contribution in [1.29, 1.82) is 0 Å². The number of amides is 1. The van der Waals surface area contributed by atoms with Gasteiger partial charge in [0.05, 0.1) is 16.8 Å². The van der Waals surface area contributed by atoms with Gasteiger partial charge in [-0.2, -0.15) is 0 Å². The van der Waals surface area contributed by atoms with E-state index in [-0.39, 0.29) is 16.6 Å². The highest BCUT2D eigenvalue weighted by atomic mass is 32.2. The maximum Gasteiger partial charge on any atom is 0.293 e. The van der Waals surface area contributed by atoms with Crippen LogP contribution >= 0.6 is 0 Å². The van der Waals surface area contributed by atoms with Crippen LogP contribution in [-0.4, -0.2) is 20.9 Å². The predicted octanol–water partition coefficient (Wildman–Crippen LogP) is 4.24. The summed E-state index contributed by atoms with van der Waals surface area (Å²) in [4.78, 5) is 14.6. The molecule has 1 amide bonds. The molecule has 0 fully saturated rings. The molecule has 2 aromatic carbocycles. The summed E-state index contributed by atoms with van der Waals surface area (Å²) >= 11 is 0. The van der Waals surface area contributed by atoms with Gasteiger partial charge in [-0.05, 0) is 66.8 Å². The first-order valence-corrected chi connectivity index (χ1v) is 11.1. The third-order valence-electron chi connectivity index (χ3n) is 5.08. The Morgan fingerprint density at radius 2 is 1.93 bits per heavy atom. The van der Waals surface area contributed by atoms with Gasteiger partial charge in [0.2, 0.25) is 0 Å². The number of benzene rings is 2. The molecule has 4 rings (SSSR count). The molecule has 1 aliphatic rings. The summed E-state index contributed by atoms with van der Waals surface area (Å²) in [7, 11) is -3.72. The molecule has 0 unspecified atom stereocenters. The smallest absolute Gasteiger partial charge is 0.293 e. The highest BCUT2D eigenvalue weighted by Gasteiger charge is 2.26. The van der Waals surface area contributed by atoms with Gasteiger partial charge in [0.25, 0.3) is 15.9 Å². The highest BCUT2D eigenvalue weighted by molar-refractivity contribution is 7.92. The van der Waals surface area contributed by atoms with E-state index in [2.05, 4.69) is 4.72 Å². The molecule has 1 aromatic heterocycles. The van der Waals surface area contributed by atoms with Crippen molar-refractivity contribution in [2.24, 2.45) is 0 Å². The van der Waals surface area contributed by atoms with E-state index in [0.29, 0.717) is 17.9 Å². The molecule has 0 aliphatic carbocycles. The first kappa shape index (κ1) is 19.3. The van der Waals surface area contributed by atoms with E-state index in [1.807, 2.05) is 25.1 Å². The average Bonchev–Trinajstić information content (AvgIpc) is 3.27. The zero-order valence-electron chi connectivity index (χ0n) is 16.1. The van der Waals surface area contributed by atoms with Crippen LogP contribution < -0.4 is 9.62 Å². The largest absolute Gasteiger partial charge is 0.459 e. The summed E-state index contributed by atoms with van der Waals surface area (Å²) < 4.78 is 33.4. The summed E-state index contributed by atoms with van der Waals surface area (Å²) in [5, 5.41) is 0. The van der Waals surface area contributed by atoms with Crippen molar-refractivity contribution in [2.45, 2.75) is 31.1 Å². The van der Waals surface area contributed by atoms with Gasteiger partial charge in [-0.15, -0.1) is 0 Å². The van der Waals surface area contributed by atoms with Crippen molar-refractivity contribution in [3.05, 3.63) is 77.7 Å². The molecule has 0 radical (unpaired) electrons. The number of carbonyl (C=O) groups excluding carboxylic acids is 1. The Bertz CT molecular complexity index is 1120. The van der Waals surface area contributed by atoms with Crippen molar-refractivity contribution in [2.75, 3.05) is 16.2 Å². The first-order chi connectivity index (χ1) is 14.0. The van der Waals surface area contributed by atoms with Crippen LogP contribution in [0.25, 0.3) is 0 Å². The predicted molar refractivity (Wildman–Crippen MR) is 112 cm³/mol. The zero-order valence-corrected chi connectivity index (χ0v) is 16.9. The Hall–Kier alpha value is -3.06. The minimum absolute atomic E-state index is 0.205. The number of rotatable bonds is 5. The SMILES string of the molecule is CCc1ccc(S(=O)(=O)Nc2ccc3c(c2)N(C(=O)c2ccco2)CCC3)cc1. The van der Waals surface area contributed by atoms with Gasteiger partial charge in [0.15, 0.2) is 5.76 Å². The fraction of sp³-hybridized carbons (Fsp3) is 0.227. The van der Waals surface area contributed by atoms with Gasteiger partial charge < -0.3 is 9.32 Å². The van der Waals surface area contributed by atoms with Crippen molar-refractivity contribution in [3.63, 3.8) is 0 Å². The van der Waals surface area contributed by atoms with Crippen molar-refractivity contribution >= 4 is 27.3 Å². The molecule has 0 spiro atoms. The fourth-order valence-corrected chi connectivity index (χ4v) is 4.55. The molecule has 29 heavy (non-hydrogen) atoms. The number of carbonyl (C=O) groups is 1. The highest BCUT2D eigenvalue weighted by Crippen LogP contribution is 2.32. The van der Waals surface area contributed by atoms with E-state index in [1.54, 1.807) is 41.3 Å². The van der Waals surface area contributed by atoms with E-state index >= 15 is 0 Å². The van der Waals surface area contributed by atoms with E-state index in [4.69, 9.17) is 4.42 Å². The molecule has 1 aliphatic heterocycles. The van der Waals surface area contributed by atoms with Crippen molar-refractivity contribution < 1.29 is 17.6 Å². The molecule has 0 bridgehead atoms. The lowest BCUT2D eigenvalue weighted by atomic mass is 10.0. The van der Waals surface area contributed by atoms with Gasteiger partial charge in [-0.25, -0.2) is 8.42 Å². The molecule has 2 heterocycles. The van der Waals surface area contributed by atoms with Crippen LogP contribution in [0.4, 0.5) is 11.4 Å². The Morgan fingerprint density at radius 1 is 1.14 bits per heavy atom. The minimum Gasteiger partial charge on any atom is -0.459 e. The maximum absolute atomic E-state index is 12.8. The molecule has 7 heteroatoms. The summed E-state index contributed by atoms with van der Waals surface area (Å²) in [6.45, 7) is 2.58. The van der Waals surface area contributed by atoms with Crippen LogP contribution in [0.1, 0.15) is 35.0 Å². The first-order valence-electron chi connectivity index (χ1n) is 9.58. The topological polar surface area (TPSA) is 79.6 Å². The van der Waals surface area contributed by atoms with Gasteiger partial charge in [0.1, 0.15) is 0 Å². The number of fused-ring (bicyclic) bond motifs is 1. The zero-order chi connectivity index (χ0) is 20.4. The van der Waals surface area contributed by atoms with Gasteiger partial charge in [0, 0.05) is 12.2 Å². The standard InChI is InChI=1S/C22H22N2O4S/c1-2-16-7-11-19(12-8-16)29(26,27)23-18-10-9-17-5-3-13-24(20(17)15-18)22(25)21-6-4-14-28-21/h4,6-12,14-15,23H,2-3,5,13H2,1H3. The quantitative estimate of drug-likeness (QED) is 0.682. The summed E-state index contributed by atoms with van der Waals surface area (Å²) in [5.74, 6) is 0.0333. The summed E-state index contributed by atoms with van der Waals surface area (Å²) in [6, 6.07) is 15.4. The molecule has 3 aromatic rings. The van der Waals surface area contributed by atoms with Crippen LogP contribution in [-0.2, 0) is 22.9 Å². The van der Waals surface area contributed by atoms with E-state index in [1.165, 1.54) is 6.26 Å². The lowest BCUT2D eigenvalue weighted by Crippen LogP contribution is -2.35. The molecular weight excluding hydrogens is 388 g/mol. The number of furan rings is 1. The average molecular weight is 410 g/mol. The number of nitrogens with one attached hydrogen (secondary N) is 1. The number of hydrogen-bond acceptors (Lipinski definition) is 4. The normalized spacial score (nSPS) is 13.8. The van der Waals surface area contributed by atoms with Crippen LogP contribution in [0, 0.1) is 0 Å². The molecule has 0 atom stereocenters. The summed E-state index contributed by atoms with van der Waals surface area (Å²) in [6.07, 6.45) is 3.99. The Morgan fingerprint density at radius 3 is 2.62 bits per heavy atom. The summed E-state index contributed by atoms with van der Waals surface area (Å²) in [5.41, 5.74) is 3.21. The minimum atomic E-state index is -3.72. The van der Waals surface area contributed by atoms with Crippen LogP contribution in [0.5, 0.6) is 0 Å². The van der Waals surface area contributed by atoms with Gasteiger partial charge in [-0.1, -0.05) is 25.1 Å². The molecular formula is C22H22N2O4S. The third-order valence-corrected chi connectivity index (χ3v) is 6.47. The van der Waals surface area contributed by atoms with Crippen LogP contribution in [0.2, 0.25) is 0 Å². The monoisotopic (exact) mass is 410 g/mol. The van der Waals surface area contributed by atoms with Crippen LogP contribution in [0.15, 0.2) is 70.2 Å². The van der Waals surface area contributed by atoms with E-state index in [0.717, 1.165) is 30.4 Å². The lowest BCUT2D eigenvalue weighted by molar-refractivity contribution is 0.0958. The number of hydrogen-bond donors (Lipinski definition) is 1. The Balaban J connectivity index is 1.63. The molecule has 0 saturated heterocycles. The second-order valence-corrected chi connectivity index (χ2v) is 8.67. The third kappa shape index (κ3) is 3.91. The maximum atomic E-state index is 12.8. The molecule has 150 valence electrons. The van der Waals surface area contributed by atoms with E-state index in [9.17, 15) is 13.2 Å². The second kappa shape index (κ2) is 7.75. The van der Waals surface area contributed by atoms with E-state index < -0.39 is 10.0 Å². The fourth-order valence-electron chi connectivity index (χ4n) is 3.50. The number of anilines is 2. The Labute approximate surface area is 170 Å². The van der Waals surface area contributed by atoms with Gasteiger partial charge in [-0.3, -0.25) is 9.52 Å². The van der Waals surface area contributed by atoms with Gasteiger partial charge >= 0.3 is 0 Å². The van der Waals surface area contributed by atoms with Crippen molar-refractivity contribution in [1.82, 2.24) is 0 Å². The van der Waals surface area contributed by atoms with Crippen LogP contribution in [0.3, 0.4) is 0 Å². The number of nitrogens with zero attached hydrogens (tertiary/aromatic N) is 1. The number of sulfonamides is 1. The second-order valence-electron chi connectivity index (χ2n) is 6.98. The Kier molecular flexibility index (Phi) is 5.15. The number of aryl methyl sites for hydroxylation is 2.